The molecule has 6 heteroatoms. The van der Waals surface area contributed by atoms with Gasteiger partial charge < -0.3 is 4.90 Å². The number of nitrogens with one attached hydrogen (secondary N) is 1. The predicted molar refractivity (Wildman–Crippen MR) is 125 cm³/mol. The summed E-state index contributed by atoms with van der Waals surface area (Å²) in [5, 5.41) is 5.28. The van der Waals surface area contributed by atoms with Gasteiger partial charge in [-0.05, 0) is 54.5 Å². The number of hydrogen-bond donors (Lipinski definition) is 1. The molecule has 1 N–H and O–H groups in total. The second-order valence-corrected chi connectivity index (χ2v) is 9.88. The molecule has 0 saturated carbocycles. The van der Waals surface area contributed by atoms with Crippen LogP contribution in [0.2, 0.25) is 5.02 Å². The van der Waals surface area contributed by atoms with Crippen LogP contribution < -0.4 is 5.32 Å². The van der Waals surface area contributed by atoms with E-state index in [2.05, 4.69) is 42.3 Å². The Bertz CT molecular complexity index is 960. The zero-order valence-electron chi connectivity index (χ0n) is 17.5. The zero-order chi connectivity index (χ0) is 21.1. The van der Waals surface area contributed by atoms with Gasteiger partial charge in [-0.25, -0.2) is 4.98 Å². The summed E-state index contributed by atoms with van der Waals surface area (Å²) in [5.41, 5.74) is 2.34. The SMILES string of the molecule is CC(C)C(NCc1nc2ccccc2s1)C(=O)N1CCC(c2ccc(Cl)cc2)CC1. The van der Waals surface area contributed by atoms with Crippen molar-refractivity contribution in [3.05, 3.63) is 64.1 Å². The van der Waals surface area contributed by atoms with Gasteiger partial charge in [0.05, 0.1) is 16.3 Å². The third kappa shape index (κ3) is 4.85. The quantitative estimate of drug-likeness (QED) is 0.551. The maximum absolute atomic E-state index is 13.2. The summed E-state index contributed by atoms with van der Waals surface area (Å²) in [6.45, 7) is 6.44. The molecule has 1 aromatic heterocycles. The molecule has 4 nitrogen and oxygen atoms in total. The highest BCUT2D eigenvalue weighted by Crippen LogP contribution is 2.29. The normalized spacial score (nSPS) is 16.3. The maximum Gasteiger partial charge on any atom is 0.239 e. The number of carbonyl (C=O) groups is 1. The number of benzene rings is 2. The number of amides is 1. The molecule has 1 atom stereocenters. The molecule has 4 rings (SSSR count). The maximum atomic E-state index is 13.2. The van der Waals surface area contributed by atoms with Crippen molar-refractivity contribution in [3.8, 4) is 0 Å². The van der Waals surface area contributed by atoms with Crippen LogP contribution in [0.4, 0.5) is 0 Å². The molecule has 1 amide bonds. The van der Waals surface area contributed by atoms with Gasteiger partial charge >= 0.3 is 0 Å². The fraction of sp³-hybridized carbons (Fsp3) is 0.417. The minimum absolute atomic E-state index is 0.191. The number of thiazole rings is 1. The first-order chi connectivity index (χ1) is 14.5. The van der Waals surface area contributed by atoms with E-state index in [-0.39, 0.29) is 17.9 Å². The van der Waals surface area contributed by atoms with Gasteiger partial charge in [-0.1, -0.05) is 49.7 Å². The Morgan fingerprint density at radius 2 is 1.87 bits per heavy atom. The molecule has 0 bridgehead atoms. The van der Waals surface area contributed by atoms with Crippen molar-refractivity contribution in [2.24, 2.45) is 5.92 Å². The Balaban J connectivity index is 1.35. The van der Waals surface area contributed by atoms with Crippen molar-refractivity contribution in [2.75, 3.05) is 13.1 Å². The lowest BCUT2D eigenvalue weighted by atomic mass is 9.89. The van der Waals surface area contributed by atoms with Crippen LogP contribution in [-0.4, -0.2) is 34.9 Å². The van der Waals surface area contributed by atoms with E-state index in [0.29, 0.717) is 12.5 Å². The summed E-state index contributed by atoms with van der Waals surface area (Å²) < 4.78 is 1.19. The lowest BCUT2D eigenvalue weighted by Crippen LogP contribution is -2.51. The summed E-state index contributed by atoms with van der Waals surface area (Å²) in [7, 11) is 0. The molecule has 158 valence electrons. The highest BCUT2D eigenvalue weighted by atomic mass is 35.5. The largest absolute Gasteiger partial charge is 0.341 e. The number of aromatic nitrogens is 1. The molecule has 2 aromatic carbocycles. The molecule has 0 spiro atoms. The number of piperidine rings is 1. The second-order valence-electron chi connectivity index (χ2n) is 8.33. The molecule has 3 aromatic rings. The van der Waals surface area contributed by atoms with Crippen molar-refractivity contribution < 1.29 is 4.79 Å². The summed E-state index contributed by atoms with van der Waals surface area (Å²) in [4.78, 5) is 20.0. The number of fused-ring (bicyclic) bond motifs is 1. The standard InChI is InChI=1S/C24H28ClN3OS/c1-16(2)23(26-15-22-27-20-5-3-4-6-21(20)30-22)24(29)28-13-11-18(12-14-28)17-7-9-19(25)10-8-17/h3-10,16,18,23,26H,11-15H2,1-2H3. The van der Waals surface area contributed by atoms with E-state index in [1.165, 1.54) is 10.3 Å². The smallest absolute Gasteiger partial charge is 0.239 e. The van der Waals surface area contributed by atoms with E-state index >= 15 is 0 Å². The summed E-state index contributed by atoms with van der Waals surface area (Å²) in [6, 6.07) is 16.1. The lowest BCUT2D eigenvalue weighted by Gasteiger charge is -2.35. The second kappa shape index (κ2) is 9.46. The van der Waals surface area contributed by atoms with E-state index in [1.54, 1.807) is 11.3 Å². The number of rotatable bonds is 6. The highest BCUT2D eigenvalue weighted by molar-refractivity contribution is 7.18. The van der Waals surface area contributed by atoms with Crippen molar-refractivity contribution in [1.82, 2.24) is 15.2 Å². The molecular weight excluding hydrogens is 414 g/mol. The number of nitrogens with zero attached hydrogens (tertiary/aromatic N) is 2. The number of para-hydroxylation sites is 1. The highest BCUT2D eigenvalue weighted by Gasteiger charge is 2.30. The van der Waals surface area contributed by atoms with Gasteiger partial charge in [0.25, 0.3) is 0 Å². The van der Waals surface area contributed by atoms with Crippen molar-refractivity contribution >= 4 is 39.1 Å². The van der Waals surface area contributed by atoms with Gasteiger partial charge in [0.1, 0.15) is 5.01 Å². The number of carbonyl (C=O) groups excluding carboxylic acids is 1. The summed E-state index contributed by atoms with van der Waals surface area (Å²) in [5.74, 6) is 0.932. The fourth-order valence-corrected chi connectivity index (χ4v) is 5.21. The van der Waals surface area contributed by atoms with E-state index in [4.69, 9.17) is 11.6 Å². The van der Waals surface area contributed by atoms with Crippen LogP contribution in [0.15, 0.2) is 48.5 Å². The zero-order valence-corrected chi connectivity index (χ0v) is 19.0. The molecule has 2 heterocycles. The van der Waals surface area contributed by atoms with Crippen LogP contribution in [0.5, 0.6) is 0 Å². The molecular formula is C24H28ClN3OS. The van der Waals surface area contributed by atoms with Gasteiger partial charge in [-0.2, -0.15) is 0 Å². The third-order valence-corrected chi connectivity index (χ3v) is 7.18. The molecule has 0 aliphatic carbocycles. The van der Waals surface area contributed by atoms with Crippen LogP contribution in [0.1, 0.15) is 43.2 Å². The van der Waals surface area contributed by atoms with E-state index < -0.39 is 0 Å². The van der Waals surface area contributed by atoms with Gasteiger partial charge in [0, 0.05) is 24.7 Å². The Hall–Kier alpha value is -1.95. The molecule has 1 aliphatic rings. The van der Waals surface area contributed by atoms with Gasteiger partial charge in [-0.15, -0.1) is 11.3 Å². The minimum atomic E-state index is -0.191. The Morgan fingerprint density at radius 1 is 1.17 bits per heavy atom. The molecule has 1 saturated heterocycles. The van der Waals surface area contributed by atoms with Gasteiger partial charge in [0.15, 0.2) is 0 Å². The first kappa shape index (κ1) is 21.3. The first-order valence-corrected chi connectivity index (χ1v) is 11.8. The van der Waals surface area contributed by atoms with Crippen molar-refractivity contribution in [1.29, 1.82) is 0 Å². The third-order valence-electron chi connectivity index (χ3n) is 5.89. The van der Waals surface area contributed by atoms with Crippen LogP contribution in [0.25, 0.3) is 10.2 Å². The van der Waals surface area contributed by atoms with E-state index in [0.717, 1.165) is 41.5 Å². The van der Waals surface area contributed by atoms with E-state index in [9.17, 15) is 4.79 Å². The predicted octanol–water partition coefficient (Wildman–Crippen LogP) is 5.47. The molecule has 30 heavy (non-hydrogen) atoms. The average Bonchev–Trinajstić information content (AvgIpc) is 3.17. The van der Waals surface area contributed by atoms with Crippen molar-refractivity contribution in [3.63, 3.8) is 0 Å². The average molecular weight is 442 g/mol. The Kier molecular flexibility index (Phi) is 6.71. The Morgan fingerprint density at radius 3 is 2.53 bits per heavy atom. The van der Waals surface area contributed by atoms with Gasteiger partial charge in [-0.3, -0.25) is 10.1 Å². The van der Waals surface area contributed by atoms with Crippen LogP contribution in [-0.2, 0) is 11.3 Å². The monoisotopic (exact) mass is 441 g/mol. The summed E-state index contributed by atoms with van der Waals surface area (Å²) >= 11 is 7.70. The number of hydrogen-bond acceptors (Lipinski definition) is 4. The molecule has 1 fully saturated rings. The summed E-state index contributed by atoms with van der Waals surface area (Å²) in [6.07, 6.45) is 1.99. The first-order valence-electron chi connectivity index (χ1n) is 10.6. The van der Waals surface area contributed by atoms with Crippen LogP contribution in [0, 0.1) is 5.92 Å². The van der Waals surface area contributed by atoms with Crippen LogP contribution in [0.3, 0.4) is 0 Å². The van der Waals surface area contributed by atoms with E-state index in [1.807, 2.05) is 35.2 Å². The van der Waals surface area contributed by atoms with Gasteiger partial charge in [0.2, 0.25) is 5.91 Å². The minimum Gasteiger partial charge on any atom is -0.341 e. The Labute approximate surface area is 187 Å². The van der Waals surface area contributed by atoms with Crippen molar-refractivity contribution in [2.45, 2.75) is 45.2 Å². The molecule has 0 radical (unpaired) electrons. The number of likely N-dealkylation sites (tertiary alicyclic amines) is 1. The lowest BCUT2D eigenvalue weighted by molar-refractivity contribution is -0.135. The fourth-order valence-electron chi connectivity index (χ4n) is 4.17. The number of halogens is 1. The van der Waals surface area contributed by atoms with Crippen LogP contribution >= 0.6 is 22.9 Å². The topological polar surface area (TPSA) is 45.2 Å². The molecule has 1 aliphatic heterocycles. The molecule has 1 unspecified atom stereocenters.